The Morgan fingerprint density at radius 2 is 1.90 bits per heavy atom. The number of rotatable bonds is 9. The summed E-state index contributed by atoms with van der Waals surface area (Å²) in [7, 11) is 0. The molecule has 0 spiro atoms. The summed E-state index contributed by atoms with van der Waals surface area (Å²) in [6.07, 6.45) is -0.272. The van der Waals surface area contributed by atoms with Gasteiger partial charge in [-0.05, 0) is 27.7 Å². The van der Waals surface area contributed by atoms with Gasteiger partial charge in [0.2, 0.25) is 0 Å². The molecule has 0 aromatic carbocycles. The molecule has 0 saturated heterocycles. The minimum Gasteiger partial charge on any atom is -0.461 e. The quantitative estimate of drug-likeness (QED) is 0.429. The van der Waals surface area contributed by atoms with Crippen LogP contribution in [0.3, 0.4) is 0 Å². The van der Waals surface area contributed by atoms with E-state index in [1.165, 1.54) is 11.8 Å². The molecule has 0 aliphatic carbocycles. The Morgan fingerprint density at radius 3 is 2.45 bits per heavy atom. The van der Waals surface area contributed by atoms with E-state index in [-0.39, 0.29) is 6.29 Å². The maximum Gasteiger partial charge on any atom is 0.358 e. The third-order valence-corrected chi connectivity index (χ3v) is 3.30. The van der Waals surface area contributed by atoms with Crippen LogP contribution >= 0.6 is 11.8 Å². The normalized spacial score (nSPS) is 11.1. The summed E-state index contributed by atoms with van der Waals surface area (Å²) in [5.41, 5.74) is 1.04. The number of H-pyrrole nitrogens is 1. The summed E-state index contributed by atoms with van der Waals surface area (Å²) in [6, 6.07) is 0. The number of thioether (sulfide) groups is 1. The predicted octanol–water partition coefficient (Wildman–Crippen LogP) is 2.39. The zero-order chi connectivity index (χ0) is 15.0. The number of hydrogen-bond donors (Lipinski definition) is 1. The maximum atomic E-state index is 11.7. The van der Waals surface area contributed by atoms with Gasteiger partial charge in [-0.25, -0.2) is 9.78 Å². The molecule has 0 amide bonds. The molecule has 114 valence electrons. The number of ether oxygens (including phenoxy) is 3. The van der Waals surface area contributed by atoms with Crippen LogP contribution < -0.4 is 0 Å². The lowest BCUT2D eigenvalue weighted by Crippen LogP contribution is -2.20. The molecular weight excluding hydrogens is 280 g/mol. The molecule has 1 heterocycles. The monoisotopic (exact) mass is 302 g/mol. The van der Waals surface area contributed by atoms with E-state index < -0.39 is 5.97 Å². The number of imidazole rings is 1. The van der Waals surface area contributed by atoms with Crippen molar-refractivity contribution in [2.45, 2.75) is 39.1 Å². The van der Waals surface area contributed by atoms with Gasteiger partial charge in [-0.1, -0.05) is 11.8 Å². The van der Waals surface area contributed by atoms with E-state index in [0.717, 1.165) is 0 Å². The lowest BCUT2D eigenvalue weighted by molar-refractivity contribution is -0.120. The summed E-state index contributed by atoms with van der Waals surface area (Å²) < 4.78 is 15.8. The first-order valence-electron chi connectivity index (χ1n) is 6.72. The van der Waals surface area contributed by atoms with Crippen molar-refractivity contribution in [2.24, 2.45) is 0 Å². The second-order valence-electron chi connectivity index (χ2n) is 3.89. The first-order valence-corrected chi connectivity index (χ1v) is 7.70. The molecule has 1 aromatic rings. The Hall–Kier alpha value is -1.05. The van der Waals surface area contributed by atoms with Crippen LogP contribution in [0.2, 0.25) is 0 Å². The molecule has 0 atom stereocenters. The number of aryl methyl sites for hydroxylation is 1. The third kappa shape index (κ3) is 5.15. The summed E-state index contributed by atoms with van der Waals surface area (Å²) in [5.74, 6) is 0.205. The van der Waals surface area contributed by atoms with E-state index >= 15 is 0 Å². The fourth-order valence-electron chi connectivity index (χ4n) is 1.56. The number of hydrogen-bond acceptors (Lipinski definition) is 6. The molecule has 7 heteroatoms. The van der Waals surface area contributed by atoms with Gasteiger partial charge in [-0.15, -0.1) is 0 Å². The van der Waals surface area contributed by atoms with E-state index in [1.54, 1.807) is 13.8 Å². The fourth-order valence-corrected chi connectivity index (χ4v) is 2.43. The Labute approximate surface area is 123 Å². The predicted molar refractivity (Wildman–Crippen MR) is 77.0 cm³/mol. The molecule has 1 aromatic heterocycles. The second kappa shape index (κ2) is 8.99. The molecule has 0 aliphatic rings. The summed E-state index contributed by atoms with van der Waals surface area (Å²) >= 11 is 1.45. The van der Waals surface area contributed by atoms with Crippen molar-refractivity contribution in [3.05, 3.63) is 11.4 Å². The highest BCUT2D eigenvalue weighted by Gasteiger charge is 2.17. The van der Waals surface area contributed by atoms with E-state index in [0.29, 0.717) is 42.1 Å². The second-order valence-corrected chi connectivity index (χ2v) is 4.90. The van der Waals surface area contributed by atoms with Gasteiger partial charge in [0, 0.05) is 18.9 Å². The van der Waals surface area contributed by atoms with Gasteiger partial charge in [0.25, 0.3) is 0 Å². The highest BCUT2D eigenvalue weighted by Crippen LogP contribution is 2.19. The van der Waals surface area contributed by atoms with Gasteiger partial charge in [0.05, 0.1) is 12.4 Å². The van der Waals surface area contributed by atoms with E-state index in [4.69, 9.17) is 14.2 Å². The van der Waals surface area contributed by atoms with Crippen molar-refractivity contribution >= 4 is 17.7 Å². The van der Waals surface area contributed by atoms with Crippen LogP contribution in [0, 0.1) is 6.92 Å². The molecule has 1 rings (SSSR count). The number of aromatic amines is 1. The van der Waals surface area contributed by atoms with Crippen molar-refractivity contribution in [3.63, 3.8) is 0 Å². The topological polar surface area (TPSA) is 73.4 Å². The average molecular weight is 302 g/mol. The van der Waals surface area contributed by atoms with Crippen molar-refractivity contribution < 1.29 is 19.0 Å². The summed E-state index contributed by atoms with van der Waals surface area (Å²) in [4.78, 5) is 19.0. The molecule has 6 nitrogen and oxygen atoms in total. The van der Waals surface area contributed by atoms with Crippen LogP contribution in [-0.2, 0) is 14.2 Å². The molecule has 0 saturated carbocycles. The van der Waals surface area contributed by atoms with Crippen molar-refractivity contribution in [2.75, 3.05) is 25.6 Å². The Kier molecular flexibility index (Phi) is 7.64. The van der Waals surface area contributed by atoms with Crippen LogP contribution in [0.25, 0.3) is 0 Å². The molecule has 1 N–H and O–H groups in total. The van der Waals surface area contributed by atoms with E-state index in [9.17, 15) is 4.79 Å². The smallest absolute Gasteiger partial charge is 0.358 e. The fraction of sp³-hybridized carbons (Fsp3) is 0.692. The molecule has 20 heavy (non-hydrogen) atoms. The minimum atomic E-state index is -0.403. The van der Waals surface area contributed by atoms with Crippen molar-refractivity contribution in [3.8, 4) is 0 Å². The lowest BCUT2D eigenvalue weighted by atomic mass is 10.3. The molecular formula is C13H22N2O4S. The number of carbonyl (C=O) groups is 1. The van der Waals surface area contributed by atoms with Gasteiger partial charge in [0.15, 0.2) is 17.1 Å². The standard InChI is InChI=1S/C13H22N2O4S/c1-5-17-10(18-6-2)8-20-13-14-9(4)11(15-13)12(16)19-7-3/h10H,5-8H2,1-4H3,(H,14,15). The van der Waals surface area contributed by atoms with Crippen LogP contribution in [0.15, 0.2) is 5.16 Å². The first-order chi connectivity index (χ1) is 9.62. The number of nitrogens with zero attached hydrogens (tertiary/aromatic N) is 1. The van der Waals surface area contributed by atoms with Gasteiger partial charge in [-0.3, -0.25) is 0 Å². The molecule has 0 fully saturated rings. The molecule has 0 aliphatic heterocycles. The van der Waals surface area contributed by atoms with Gasteiger partial charge in [0.1, 0.15) is 0 Å². The largest absolute Gasteiger partial charge is 0.461 e. The number of carbonyl (C=O) groups excluding carboxylic acids is 1. The number of esters is 1. The molecule has 0 radical (unpaired) electrons. The Bertz CT molecular complexity index is 417. The Morgan fingerprint density at radius 1 is 1.25 bits per heavy atom. The van der Waals surface area contributed by atoms with E-state index in [1.807, 2.05) is 13.8 Å². The third-order valence-electron chi connectivity index (χ3n) is 2.39. The zero-order valence-electron chi connectivity index (χ0n) is 12.4. The lowest BCUT2D eigenvalue weighted by Gasteiger charge is -2.15. The first kappa shape index (κ1) is 17.0. The average Bonchev–Trinajstić information content (AvgIpc) is 2.78. The van der Waals surface area contributed by atoms with Crippen LogP contribution in [0.1, 0.15) is 37.0 Å². The van der Waals surface area contributed by atoms with Crippen LogP contribution in [0.5, 0.6) is 0 Å². The highest BCUT2D eigenvalue weighted by molar-refractivity contribution is 7.99. The van der Waals surface area contributed by atoms with E-state index in [2.05, 4.69) is 9.97 Å². The zero-order valence-corrected chi connectivity index (χ0v) is 13.2. The van der Waals surface area contributed by atoms with Gasteiger partial charge in [-0.2, -0.15) is 0 Å². The number of aromatic nitrogens is 2. The number of nitrogens with one attached hydrogen (secondary N) is 1. The van der Waals surface area contributed by atoms with Crippen LogP contribution in [-0.4, -0.2) is 47.8 Å². The highest BCUT2D eigenvalue weighted by atomic mass is 32.2. The molecule has 0 unspecified atom stereocenters. The summed E-state index contributed by atoms with van der Waals surface area (Å²) in [5, 5.41) is 0.662. The SMILES string of the molecule is CCOC(=O)c1nc(SCC(OCC)OCC)[nH]c1C. The van der Waals surface area contributed by atoms with Gasteiger partial charge >= 0.3 is 5.97 Å². The van der Waals surface area contributed by atoms with Crippen molar-refractivity contribution in [1.29, 1.82) is 0 Å². The van der Waals surface area contributed by atoms with Crippen LogP contribution in [0.4, 0.5) is 0 Å². The van der Waals surface area contributed by atoms with Crippen molar-refractivity contribution in [1.82, 2.24) is 9.97 Å². The maximum absolute atomic E-state index is 11.7. The minimum absolute atomic E-state index is 0.272. The molecule has 0 bridgehead atoms. The Balaban J connectivity index is 2.60. The summed E-state index contributed by atoms with van der Waals surface area (Å²) in [6.45, 7) is 8.94. The van der Waals surface area contributed by atoms with Gasteiger partial charge < -0.3 is 19.2 Å².